The maximum atomic E-state index is 12.2. The number of carbonyl (C=O) groups is 2. The number of anilines is 1. The highest BCUT2D eigenvalue weighted by molar-refractivity contribution is 5.95. The van der Waals surface area contributed by atoms with Gasteiger partial charge in [-0.3, -0.25) is 4.90 Å². The fourth-order valence-electron chi connectivity index (χ4n) is 2.15. The Morgan fingerprint density at radius 2 is 2.10 bits per heavy atom. The van der Waals surface area contributed by atoms with E-state index >= 15 is 0 Å². The Hall–Kier alpha value is -2.24. The second-order valence-electron chi connectivity index (χ2n) is 4.93. The zero-order chi connectivity index (χ0) is 14.8. The predicted octanol–water partition coefficient (Wildman–Crippen LogP) is 1.85. The number of rotatable bonds is 4. The molecule has 0 bridgehead atoms. The molecule has 1 saturated carbocycles. The van der Waals surface area contributed by atoms with Gasteiger partial charge >= 0.3 is 12.0 Å². The zero-order valence-electron chi connectivity index (χ0n) is 11.5. The van der Waals surface area contributed by atoms with Crippen LogP contribution in [0.1, 0.15) is 19.3 Å². The van der Waals surface area contributed by atoms with Gasteiger partial charge in [-0.2, -0.15) is 0 Å². The predicted molar refractivity (Wildman–Crippen MR) is 74.1 cm³/mol. The topological polar surface area (TPSA) is 78.9 Å². The van der Waals surface area contributed by atoms with E-state index in [0.717, 1.165) is 6.42 Å². The minimum atomic E-state index is -1.11. The number of hydrogen-bond donors (Lipinski definition) is 2. The lowest BCUT2D eigenvalue weighted by atomic mass is 9.77. The van der Waals surface area contributed by atoms with Crippen molar-refractivity contribution >= 4 is 17.7 Å². The summed E-state index contributed by atoms with van der Waals surface area (Å²) in [4.78, 5) is 24.8. The summed E-state index contributed by atoms with van der Waals surface area (Å²) in [6.07, 6.45) is 1.76. The number of urea groups is 1. The molecule has 108 valence electrons. The summed E-state index contributed by atoms with van der Waals surface area (Å²) in [5.74, 6) is -0.338. The third kappa shape index (κ3) is 2.54. The summed E-state index contributed by atoms with van der Waals surface area (Å²) < 4.78 is 5.10. The van der Waals surface area contributed by atoms with Crippen LogP contribution in [0.15, 0.2) is 24.3 Å². The Kier molecular flexibility index (Phi) is 3.83. The van der Waals surface area contributed by atoms with Crippen molar-refractivity contribution in [1.82, 2.24) is 5.32 Å². The van der Waals surface area contributed by atoms with Crippen LogP contribution in [-0.4, -0.2) is 36.8 Å². The van der Waals surface area contributed by atoms with Gasteiger partial charge in [0.15, 0.2) is 0 Å². The third-order valence-corrected chi connectivity index (χ3v) is 3.71. The fraction of sp³-hybridized carbons (Fsp3) is 0.429. The SMILES string of the molecule is COc1cccc(N(C)C(=O)NC2(C(=O)O)CCC2)c1. The summed E-state index contributed by atoms with van der Waals surface area (Å²) in [5.41, 5.74) is -0.466. The lowest BCUT2D eigenvalue weighted by Gasteiger charge is -2.39. The van der Waals surface area contributed by atoms with Crippen molar-refractivity contribution in [2.24, 2.45) is 0 Å². The van der Waals surface area contributed by atoms with E-state index in [4.69, 9.17) is 4.74 Å². The van der Waals surface area contributed by atoms with Gasteiger partial charge < -0.3 is 15.2 Å². The molecule has 1 fully saturated rings. The Bertz CT molecular complexity index is 526. The quantitative estimate of drug-likeness (QED) is 0.881. The van der Waals surface area contributed by atoms with Crippen LogP contribution in [-0.2, 0) is 4.79 Å². The van der Waals surface area contributed by atoms with Crippen molar-refractivity contribution in [2.75, 3.05) is 19.1 Å². The largest absolute Gasteiger partial charge is 0.497 e. The number of hydrogen-bond acceptors (Lipinski definition) is 3. The van der Waals surface area contributed by atoms with Crippen LogP contribution in [0.25, 0.3) is 0 Å². The molecule has 0 aromatic heterocycles. The van der Waals surface area contributed by atoms with Gasteiger partial charge in [0.25, 0.3) is 0 Å². The average molecular weight is 278 g/mol. The highest BCUT2D eigenvalue weighted by atomic mass is 16.5. The van der Waals surface area contributed by atoms with Crippen LogP contribution in [0.3, 0.4) is 0 Å². The van der Waals surface area contributed by atoms with Crippen LogP contribution < -0.4 is 15.0 Å². The number of nitrogens with zero attached hydrogens (tertiary/aromatic N) is 1. The van der Waals surface area contributed by atoms with Crippen molar-refractivity contribution in [3.63, 3.8) is 0 Å². The van der Waals surface area contributed by atoms with E-state index in [9.17, 15) is 14.7 Å². The second-order valence-corrected chi connectivity index (χ2v) is 4.93. The van der Waals surface area contributed by atoms with Gasteiger partial charge in [0.1, 0.15) is 11.3 Å². The first kappa shape index (κ1) is 14.2. The molecule has 0 spiro atoms. The summed E-state index contributed by atoms with van der Waals surface area (Å²) in [6, 6.07) is 6.60. The number of carboxylic acid groups (broad SMARTS) is 1. The zero-order valence-corrected chi connectivity index (χ0v) is 11.5. The Balaban J connectivity index is 2.10. The van der Waals surface area contributed by atoms with Crippen molar-refractivity contribution in [3.05, 3.63) is 24.3 Å². The molecule has 1 aromatic rings. The average Bonchev–Trinajstić information content (AvgIpc) is 2.41. The minimum Gasteiger partial charge on any atom is -0.497 e. The number of carboxylic acids is 1. The molecule has 20 heavy (non-hydrogen) atoms. The first-order chi connectivity index (χ1) is 9.48. The number of aliphatic carboxylic acids is 1. The van der Waals surface area contributed by atoms with Crippen LogP contribution in [0.5, 0.6) is 5.75 Å². The van der Waals surface area contributed by atoms with Crippen molar-refractivity contribution in [1.29, 1.82) is 0 Å². The molecule has 2 N–H and O–H groups in total. The number of carbonyl (C=O) groups excluding carboxylic acids is 1. The Morgan fingerprint density at radius 1 is 1.40 bits per heavy atom. The lowest BCUT2D eigenvalue weighted by molar-refractivity contribution is -0.148. The monoisotopic (exact) mass is 278 g/mol. The molecule has 1 aliphatic rings. The number of benzene rings is 1. The Morgan fingerprint density at radius 3 is 2.60 bits per heavy atom. The summed E-state index contributed by atoms with van der Waals surface area (Å²) in [7, 11) is 3.14. The molecule has 6 nitrogen and oxygen atoms in total. The smallest absolute Gasteiger partial charge is 0.329 e. The summed E-state index contributed by atoms with van der Waals surface area (Å²) in [6.45, 7) is 0. The molecule has 0 radical (unpaired) electrons. The van der Waals surface area contributed by atoms with Crippen LogP contribution in [0.4, 0.5) is 10.5 Å². The molecule has 0 atom stereocenters. The van der Waals surface area contributed by atoms with Crippen LogP contribution >= 0.6 is 0 Å². The first-order valence-corrected chi connectivity index (χ1v) is 6.42. The molecule has 2 rings (SSSR count). The van der Waals surface area contributed by atoms with E-state index in [0.29, 0.717) is 24.3 Å². The molecular formula is C14H18N2O4. The highest BCUT2D eigenvalue weighted by Gasteiger charge is 2.46. The fourth-order valence-corrected chi connectivity index (χ4v) is 2.15. The molecule has 1 aliphatic carbocycles. The first-order valence-electron chi connectivity index (χ1n) is 6.42. The van der Waals surface area contributed by atoms with Gasteiger partial charge in [0, 0.05) is 18.8 Å². The van der Waals surface area contributed by atoms with Crippen molar-refractivity contribution in [2.45, 2.75) is 24.8 Å². The molecule has 2 amide bonds. The van der Waals surface area contributed by atoms with E-state index in [-0.39, 0.29) is 0 Å². The van der Waals surface area contributed by atoms with Gasteiger partial charge in [0.2, 0.25) is 0 Å². The van der Waals surface area contributed by atoms with Crippen LogP contribution in [0.2, 0.25) is 0 Å². The van der Waals surface area contributed by atoms with E-state index < -0.39 is 17.5 Å². The normalized spacial score (nSPS) is 15.9. The van der Waals surface area contributed by atoms with E-state index in [2.05, 4.69) is 5.32 Å². The summed E-state index contributed by atoms with van der Waals surface area (Å²) in [5, 5.41) is 11.8. The van der Waals surface area contributed by atoms with Gasteiger partial charge in [-0.05, 0) is 31.4 Å². The minimum absolute atomic E-state index is 0.430. The third-order valence-electron chi connectivity index (χ3n) is 3.71. The van der Waals surface area contributed by atoms with E-state index in [1.54, 1.807) is 38.4 Å². The second kappa shape index (κ2) is 5.40. The maximum Gasteiger partial charge on any atom is 0.329 e. The van der Waals surface area contributed by atoms with Crippen molar-refractivity contribution in [3.8, 4) is 5.75 Å². The lowest BCUT2D eigenvalue weighted by Crippen LogP contribution is -2.61. The standard InChI is InChI=1S/C14H18N2O4/c1-16(10-5-3-6-11(9-10)20-2)13(19)15-14(12(17)18)7-4-8-14/h3,5-6,9H,4,7-8H2,1-2H3,(H,15,19)(H,17,18). The Labute approximate surface area is 117 Å². The van der Waals surface area contributed by atoms with Crippen molar-refractivity contribution < 1.29 is 19.4 Å². The molecular weight excluding hydrogens is 260 g/mol. The van der Waals surface area contributed by atoms with E-state index in [1.807, 2.05) is 0 Å². The molecule has 6 heteroatoms. The van der Waals surface area contributed by atoms with Gasteiger partial charge in [-0.15, -0.1) is 0 Å². The van der Waals surface area contributed by atoms with Gasteiger partial charge in [-0.1, -0.05) is 6.07 Å². The van der Waals surface area contributed by atoms with Gasteiger partial charge in [-0.25, -0.2) is 9.59 Å². The molecule has 0 heterocycles. The molecule has 1 aromatic carbocycles. The molecule has 0 unspecified atom stereocenters. The molecule has 0 saturated heterocycles. The van der Waals surface area contributed by atoms with E-state index in [1.165, 1.54) is 4.90 Å². The van der Waals surface area contributed by atoms with Gasteiger partial charge in [0.05, 0.1) is 7.11 Å². The number of methoxy groups -OCH3 is 1. The van der Waals surface area contributed by atoms with Crippen LogP contribution in [0, 0.1) is 0 Å². The number of ether oxygens (including phenoxy) is 1. The molecule has 0 aliphatic heterocycles. The maximum absolute atomic E-state index is 12.2. The number of amides is 2. The highest BCUT2D eigenvalue weighted by Crippen LogP contribution is 2.32. The summed E-state index contributed by atoms with van der Waals surface area (Å²) >= 11 is 0. The number of nitrogens with one attached hydrogen (secondary N) is 1.